The lowest BCUT2D eigenvalue weighted by molar-refractivity contribution is -0.137. The number of carbonyl (C=O) groups is 3. The molecule has 1 saturated heterocycles. The van der Waals surface area contributed by atoms with Crippen LogP contribution in [0.3, 0.4) is 0 Å². The van der Waals surface area contributed by atoms with E-state index in [2.05, 4.69) is 15.6 Å². The smallest absolute Gasteiger partial charge is 0.356 e. The molecular formula is C14H13N3O5. The predicted molar refractivity (Wildman–Crippen MR) is 74.6 cm³/mol. The first-order valence-electron chi connectivity index (χ1n) is 6.45. The van der Waals surface area contributed by atoms with E-state index >= 15 is 0 Å². The fourth-order valence-electron chi connectivity index (χ4n) is 2.43. The van der Waals surface area contributed by atoms with Crippen LogP contribution < -0.4 is 20.5 Å². The van der Waals surface area contributed by atoms with Gasteiger partial charge in [-0.15, -0.1) is 0 Å². The van der Waals surface area contributed by atoms with Gasteiger partial charge in [-0.25, -0.2) is 15.1 Å². The van der Waals surface area contributed by atoms with Crippen LogP contribution in [0, 0.1) is 0 Å². The normalized spacial score (nSPS) is 20.1. The Morgan fingerprint density at radius 2 is 1.86 bits per heavy atom. The summed E-state index contributed by atoms with van der Waals surface area (Å²) in [7, 11) is 2.72. The van der Waals surface area contributed by atoms with Crippen molar-refractivity contribution in [2.75, 3.05) is 19.1 Å². The summed E-state index contributed by atoms with van der Waals surface area (Å²) in [5, 5.41) is 0. The zero-order valence-electron chi connectivity index (χ0n) is 11.9. The summed E-state index contributed by atoms with van der Waals surface area (Å²) < 4.78 is 9.64. The number of nitrogens with one attached hydrogen (secondary N) is 2. The average Bonchev–Trinajstić information content (AvgIpc) is 3.08. The van der Waals surface area contributed by atoms with Crippen molar-refractivity contribution in [3.8, 4) is 5.75 Å². The van der Waals surface area contributed by atoms with Crippen LogP contribution in [0.15, 0.2) is 35.5 Å². The minimum Gasteiger partial charge on any atom is -0.497 e. The molecule has 0 spiro atoms. The van der Waals surface area contributed by atoms with Crippen molar-refractivity contribution in [3.63, 3.8) is 0 Å². The zero-order chi connectivity index (χ0) is 15.9. The Hall–Kier alpha value is -2.87. The summed E-state index contributed by atoms with van der Waals surface area (Å²) in [6, 6.07) is 5.59. The van der Waals surface area contributed by atoms with Crippen LogP contribution in [0.2, 0.25) is 0 Å². The molecule has 8 heteroatoms. The molecule has 2 N–H and O–H groups in total. The Balaban J connectivity index is 2.00. The predicted octanol–water partition coefficient (Wildman–Crippen LogP) is -0.528. The van der Waals surface area contributed by atoms with E-state index in [1.807, 2.05) is 0 Å². The molecular weight excluding hydrogens is 290 g/mol. The molecule has 0 aromatic heterocycles. The summed E-state index contributed by atoms with van der Waals surface area (Å²) in [6.45, 7) is 0. The number of fused-ring (bicyclic) bond motifs is 1. The van der Waals surface area contributed by atoms with E-state index in [4.69, 9.17) is 4.74 Å². The van der Waals surface area contributed by atoms with Gasteiger partial charge in [-0.2, -0.15) is 0 Å². The number of benzene rings is 1. The van der Waals surface area contributed by atoms with Crippen LogP contribution in [0.4, 0.5) is 5.69 Å². The summed E-state index contributed by atoms with van der Waals surface area (Å²) in [5.74, 6) is -1.12. The van der Waals surface area contributed by atoms with Gasteiger partial charge >= 0.3 is 5.97 Å². The highest BCUT2D eigenvalue weighted by molar-refractivity contribution is 6.32. The van der Waals surface area contributed by atoms with Gasteiger partial charge in [-0.1, -0.05) is 0 Å². The van der Waals surface area contributed by atoms with Crippen LogP contribution in [0.1, 0.15) is 0 Å². The minimum atomic E-state index is -0.899. The topological polar surface area (TPSA) is 97.0 Å². The first-order chi connectivity index (χ1) is 10.6. The Morgan fingerprint density at radius 3 is 2.45 bits per heavy atom. The molecule has 2 amide bonds. The fourth-order valence-corrected chi connectivity index (χ4v) is 2.43. The Morgan fingerprint density at radius 1 is 1.18 bits per heavy atom. The second kappa shape index (κ2) is 5.15. The summed E-state index contributed by atoms with van der Waals surface area (Å²) >= 11 is 0. The van der Waals surface area contributed by atoms with Crippen molar-refractivity contribution in [2.24, 2.45) is 0 Å². The van der Waals surface area contributed by atoms with Crippen molar-refractivity contribution in [1.82, 2.24) is 10.9 Å². The van der Waals surface area contributed by atoms with Crippen molar-refractivity contribution < 1.29 is 23.9 Å². The SMILES string of the molecule is COC(=O)C1=C2C(=O)N(c3ccc(OC)cc3)C(=O)C2NN1. The molecule has 1 aromatic carbocycles. The van der Waals surface area contributed by atoms with Gasteiger partial charge in [0.25, 0.3) is 11.8 Å². The van der Waals surface area contributed by atoms with E-state index < -0.39 is 23.8 Å². The number of hydrazine groups is 1. The van der Waals surface area contributed by atoms with Gasteiger partial charge in [0.1, 0.15) is 17.5 Å². The first kappa shape index (κ1) is 14.1. The molecule has 0 aliphatic carbocycles. The molecule has 114 valence electrons. The maximum Gasteiger partial charge on any atom is 0.356 e. The average molecular weight is 303 g/mol. The summed E-state index contributed by atoms with van der Waals surface area (Å²) in [4.78, 5) is 37.6. The number of hydrogen-bond acceptors (Lipinski definition) is 7. The van der Waals surface area contributed by atoms with E-state index in [0.717, 1.165) is 4.90 Å². The van der Waals surface area contributed by atoms with Crippen LogP contribution in [0.25, 0.3) is 0 Å². The zero-order valence-corrected chi connectivity index (χ0v) is 11.9. The van der Waals surface area contributed by atoms with Crippen molar-refractivity contribution in [1.29, 1.82) is 0 Å². The second-order valence-corrected chi connectivity index (χ2v) is 4.66. The molecule has 2 heterocycles. The number of esters is 1. The maximum absolute atomic E-state index is 12.5. The Labute approximate surface area is 125 Å². The van der Waals surface area contributed by atoms with Gasteiger partial charge in [-0.3, -0.25) is 9.59 Å². The number of anilines is 1. The fraction of sp³-hybridized carbons (Fsp3) is 0.214. The third kappa shape index (κ3) is 1.92. The van der Waals surface area contributed by atoms with Gasteiger partial charge in [0, 0.05) is 0 Å². The number of hydrogen-bond donors (Lipinski definition) is 2. The standard InChI is InChI=1S/C14H13N3O5/c1-21-8-5-3-7(4-6-8)17-12(18)9-10(13(17)19)15-16-11(9)14(20)22-2/h3-6,10,15-16H,1-2H3. The number of amides is 2. The highest BCUT2D eigenvalue weighted by Gasteiger charge is 2.50. The molecule has 2 aliphatic heterocycles. The van der Waals surface area contributed by atoms with Gasteiger partial charge in [0.05, 0.1) is 25.5 Å². The third-order valence-electron chi connectivity index (χ3n) is 3.52. The molecule has 3 rings (SSSR count). The minimum absolute atomic E-state index is 0.0399. The molecule has 1 fully saturated rings. The Kier molecular flexibility index (Phi) is 3.30. The Bertz CT molecular complexity index is 695. The number of ether oxygens (including phenoxy) is 2. The molecule has 0 bridgehead atoms. The van der Waals surface area contributed by atoms with Gasteiger partial charge in [-0.05, 0) is 24.3 Å². The number of carbonyl (C=O) groups excluding carboxylic acids is 3. The molecule has 0 saturated carbocycles. The van der Waals surface area contributed by atoms with Crippen LogP contribution in [0.5, 0.6) is 5.75 Å². The van der Waals surface area contributed by atoms with Gasteiger partial charge < -0.3 is 14.9 Å². The molecule has 0 radical (unpaired) electrons. The number of nitrogens with zero attached hydrogens (tertiary/aromatic N) is 1. The highest BCUT2D eigenvalue weighted by atomic mass is 16.5. The van der Waals surface area contributed by atoms with Crippen molar-refractivity contribution in [2.45, 2.75) is 6.04 Å². The van der Waals surface area contributed by atoms with Crippen LogP contribution in [-0.2, 0) is 19.1 Å². The number of imide groups is 1. The van der Waals surface area contributed by atoms with E-state index in [1.165, 1.54) is 14.2 Å². The van der Waals surface area contributed by atoms with Crippen LogP contribution in [-0.4, -0.2) is 38.0 Å². The summed E-state index contributed by atoms with van der Waals surface area (Å²) in [5.41, 5.74) is 5.58. The number of rotatable bonds is 3. The molecule has 1 aromatic rings. The van der Waals surface area contributed by atoms with E-state index in [1.54, 1.807) is 24.3 Å². The monoisotopic (exact) mass is 303 g/mol. The lowest BCUT2D eigenvalue weighted by Crippen LogP contribution is -2.42. The molecule has 8 nitrogen and oxygen atoms in total. The largest absolute Gasteiger partial charge is 0.497 e. The quantitative estimate of drug-likeness (QED) is 0.572. The molecule has 1 unspecified atom stereocenters. The first-order valence-corrected chi connectivity index (χ1v) is 6.45. The van der Waals surface area contributed by atoms with E-state index in [-0.39, 0.29) is 11.3 Å². The van der Waals surface area contributed by atoms with E-state index in [9.17, 15) is 14.4 Å². The lowest BCUT2D eigenvalue weighted by Gasteiger charge is -2.16. The van der Waals surface area contributed by atoms with Gasteiger partial charge in [0.2, 0.25) is 0 Å². The highest BCUT2D eigenvalue weighted by Crippen LogP contribution is 2.31. The lowest BCUT2D eigenvalue weighted by atomic mass is 10.1. The van der Waals surface area contributed by atoms with Gasteiger partial charge in [0.15, 0.2) is 0 Å². The summed E-state index contributed by atoms with van der Waals surface area (Å²) in [6.07, 6.45) is 0. The third-order valence-corrected chi connectivity index (χ3v) is 3.52. The van der Waals surface area contributed by atoms with Crippen molar-refractivity contribution >= 4 is 23.5 Å². The molecule has 1 atom stereocenters. The van der Waals surface area contributed by atoms with Crippen LogP contribution >= 0.6 is 0 Å². The van der Waals surface area contributed by atoms with Crippen molar-refractivity contribution in [3.05, 3.63) is 35.5 Å². The van der Waals surface area contributed by atoms with E-state index in [0.29, 0.717) is 11.4 Å². The maximum atomic E-state index is 12.5. The molecule has 2 aliphatic rings. The molecule has 22 heavy (non-hydrogen) atoms. The second-order valence-electron chi connectivity index (χ2n) is 4.66. The number of methoxy groups -OCH3 is 2.